The van der Waals surface area contributed by atoms with Crippen LogP contribution in [0.15, 0.2) is 53.0 Å². The van der Waals surface area contributed by atoms with Crippen LogP contribution in [0.4, 0.5) is 0 Å². The van der Waals surface area contributed by atoms with Crippen molar-refractivity contribution in [2.75, 3.05) is 7.11 Å². The Morgan fingerprint density at radius 3 is 2.75 bits per heavy atom. The highest BCUT2D eigenvalue weighted by Gasteiger charge is 2.17. The van der Waals surface area contributed by atoms with E-state index in [4.69, 9.17) is 4.74 Å². The summed E-state index contributed by atoms with van der Waals surface area (Å²) in [6.45, 7) is 0. The molecule has 1 heterocycles. The first kappa shape index (κ1) is 13.3. The van der Waals surface area contributed by atoms with Gasteiger partial charge in [-0.25, -0.2) is 4.68 Å². The molecule has 1 unspecified atom stereocenters. The predicted octanol–water partition coefficient (Wildman–Crippen LogP) is 3.43. The Kier molecular flexibility index (Phi) is 3.56. The van der Waals surface area contributed by atoms with E-state index in [1.165, 1.54) is 7.11 Å². The molecule has 0 aliphatic rings. The van der Waals surface area contributed by atoms with Crippen molar-refractivity contribution in [2.24, 2.45) is 0 Å². The molecule has 1 aromatic heterocycles. The molecule has 1 N–H and O–H groups in total. The zero-order chi connectivity index (χ0) is 14.1. The first-order valence-electron chi connectivity index (χ1n) is 6.15. The van der Waals surface area contributed by atoms with Crippen molar-refractivity contribution in [3.05, 3.63) is 58.7 Å². The largest absolute Gasteiger partial charge is 0.363 e. The lowest BCUT2D eigenvalue weighted by Gasteiger charge is -2.05. The van der Waals surface area contributed by atoms with Crippen molar-refractivity contribution in [1.29, 1.82) is 0 Å². The van der Waals surface area contributed by atoms with Gasteiger partial charge in [-0.15, -0.1) is 0 Å². The van der Waals surface area contributed by atoms with Crippen LogP contribution >= 0.6 is 15.9 Å². The van der Waals surface area contributed by atoms with Gasteiger partial charge in [-0.1, -0.05) is 40.2 Å². The number of para-hydroxylation sites is 1. The van der Waals surface area contributed by atoms with Crippen molar-refractivity contribution in [3.8, 4) is 5.69 Å². The summed E-state index contributed by atoms with van der Waals surface area (Å²) in [7, 11) is 1.46. The lowest BCUT2D eigenvalue weighted by atomic mass is 10.2. The number of rotatable bonds is 3. The average molecular weight is 333 g/mol. The summed E-state index contributed by atoms with van der Waals surface area (Å²) in [5.74, 6) is 0. The van der Waals surface area contributed by atoms with Gasteiger partial charge in [-0.3, -0.25) is 0 Å². The molecule has 0 saturated carbocycles. The van der Waals surface area contributed by atoms with Gasteiger partial charge < -0.3 is 9.84 Å². The Morgan fingerprint density at radius 2 is 2.00 bits per heavy atom. The van der Waals surface area contributed by atoms with E-state index in [0.29, 0.717) is 5.69 Å². The van der Waals surface area contributed by atoms with Crippen LogP contribution in [0.3, 0.4) is 0 Å². The zero-order valence-corrected chi connectivity index (χ0v) is 12.4. The van der Waals surface area contributed by atoms with Crippen LogP contribution in [0.2, 0.25) is 0 Å². The number of benzene rings is 2. The van der Waals surface area contributed by atoms with Crippen LogP contribution < -0.4 is 0 Å². The topological polar surface area (TPSA) is 47.3 Å². The number of methoxy groups -OCH3 is 1. The zero-order valence-electron chi connectivity index (χ0n) is 10.8. The van der Waals surface area contributed by atoms with Gasteiger partial charge in [-0.2, -0.15) is 5.10 Å². The van der Waals surface area contributed by atoms with Gasteiger partial charge in [0.15, 0.2) is 0 Å². The molecular formula is C15H13BrN2O2. The molecule has 1 atom stereocenters. The predicted molar refractivity (Wildman–Crippen MR) is 80.7 cm³/mol. The molecule has 0 aliphatic carbocycles. The smallest absolute Gasteiger partial charge is 0.200 e. The van der Waals surface area contributed by atoms with Crippen molar-refractivity contribution in [3.63, 3.8) is 0 Å². The minimum absolute atomic E-state index is 0.517. The molecule has 0 bridgehead atoms. The molecular weight excluding hydrogens is 320 g/mol. The number of hydrogen-bond acceptors (Lipinski definition) is 3. The quantitative estimate of drug-likeness (QED) is 0.747. The highest BCUT2D eigenvalue weighted by molar-refractivity contribution is 9.10. The molecule has 5 heteroatoms. The highest BCUT2D eigenvalue weighted by atomic mass is 79.9. The maximum Gasteiger partial charge on any atom is 0.200 e. The number of fused-ring (bicyclic) bond motifs is 1. The van der Waals surface area contributed by atoms with E-state index >= 15 is 0 Å². The third-order valence-electron chi connectivity index (χ3n) is 3.13. The number of aromatic nitrogens is 2. The highest BCUT2D eigenvalue weighted by Crippen LogP contribution is 2.27. The van der Waals surface area contributed by atoms with Gasteiger partial charge in [0.25, 0.3) is 0 Å². The second-order valence-corrected chi connectivity index (χ2v) is 5.30. The standard InChI is InChI=1S/C15H13BrN2O2/c1-20-15(19)14-12-7-2-3-8-13(12)18(17-14)11-6-4-5-10(16)9-11/h2-9,15,19H,1H3. The van der Waals surface area contributed by atoms with Gasteiger partial charge >= 0.3 is 0 Å². The molecule has 0 amide bonds. The van der Waals surface area contributed by atoms with Gasteiger partial charge in [-0.05, 0) is 24.3 Å². The van der Waals surface area contributed by atoms with Gasteiger partial charge in [0.1, 0.15) is 5.69 Å². The molecule has 0 spiro atoms. The molecule has 0 radical (unpaired) electrons. The molecule has 0 saturated heterocycles. The summed E-state index contributed by atoms with van der Waals surface area (Å²) in [6, 6.07) is 15.6. The average Bonchev–Trinajstić information content (AvgIpc) is 2.86. The van der Waals surface area contributed by atoms with Crippen LogP contribution in [0, 0.1) is 0 Å². The van der Waals surface area contributed by atoms with Crippen LogP contribution in [-0.2, 0) is 4.74 Å². The summed E-state index contributed by atoms with van der Waals surface area (Å²) < 4.78 is 7.77. The number of halogens is 1. The fourth-order valence-corrected chi connectivity index (χ4v) is 2.58. The maximum atomic E-state index is 9.93. The fraction of sp³-hybridized carbons (Fsp3) is 0.133. The van der Waals surface area contributed by atoms with Crippen molar-refractivity contribution >= 4 is 26.8 Å². The Balaban J connectivity index is 2.26. The van der Waals surface area contributed by atoms with Crippen molar-refractivity contribution in [1.82, 2.24) is 9.78 Å². The summed E-state index contributed by atoms with van der Waals surface area (Å²) >= 11 is 3.46. The van der Waals surface area contributed by atoms with Crippen molar-refractivity contribution in [2.45, 2.75) is 6.29 Å². The molecule has 4 nitrogen and oxygen atoms in total. The summed E-state index contributed by atoms with van der Waals surface area (Å²) in [5.41, 5.74) is 2.37. The van der Waals surface area contributed by atoms with Crippen LogP contribution in [0.5, 0.6) is 0 Å². The molecule has 102 valence electrons. The Bertz CT molecular complexity index is 754. The second-order valence-electron chi connectivity index (χ2n) is 4.38. The van der Waals surface area contributed by atoms with Gasteiger partial charge in [0.2, 0.25) is 6.29 Å². The molecule has 3 aromatic rings. The third kappa shape index (κ3) is 2.24. The second kappa shape index (κ2) is 5.36. The van der Waals surface area contributed by atoms with E-state index in [1.807, 2.05) is 48.5 Å². The van der Waals surface area contributed by atoms with Gasteiger partial charge in [0, 0.05) is 17.0 Å². The molecule has 3 rings (SSSR count). The summed E-state index contributed by atoms with van der Waals surface area (Å²) in [4.78, 5) is 0. The number of aliphatic hydroxyl groups excluding tert-OH is 1. The number of aliphatic hydroxyl groups is 1. The van der Waals surface area contributed by atoms with E-state index < -0.39 is 6.29 Å². The SMILES string of the molecule is COC(O)c1nn(-c2cccc(Br)c2)c2ccccc12. The summed E-state index contributed by atoms with van der Waals surface area (Å²) in [5, 5.41) is 15.3. The maximum absolute atomic E-state index is 9.93. The van der Waals surface area contributed by atoms with Crippen LogP contribution in [0.25, 0.3) is 16.6 Å². The van der Waals surface area contributed by atoms with E-state index in [-0.39, 0.29) is 0 Å². The molecule has 0 fully saturated rings. The minimum Gasteiger partial charge on any atom is -0.363 e. The van der Waals surface area contributed by atoms with Gasteiger partial charge in [0.05, 0.1) is 11.2 Å². The Morgan fingerprint density at radius 1 is 1.20 bits per heavy atom. The number of ether oxygens (including phenoxy) is 1. The van der Waals surface area contributed by atoms with E-state index in [1.54, 1.807) is 4.68 Å². The monoisotopic (exact) mass is 332 g/mol. The lowest BCUT2D eigenvalue weighted by molar-refractivity contribution is -0.0790. The van der Waals surface area contributed by atoms with Crippen LogP contribution in [-0.4, -0.2) is 22.0 Å². The van der Waals surface area contributed by atoms with E-state index in [2.05, 4.69) is 21.0 Å². The summed E-state index contributed by atoms with van der Waals surface area (Å²) in [6.07, 6.45) is -1.03. The van der Waals surface area contributed by atoms with Crippen LogP contribution in [0.1, 0.15) is 12.0 Å². The third-order valence-corrected chi connectivity index (χ3v) is 3.62. The van der Waals surface area contributed by atoms with E-state index in [0.717, 1.165) is 21.1 Å². The molecule has 2 aromatic carbocycles. The first-order valence-corrected chi connectivity index (χ1v) is 6.94. The lowest BCUT2D eigenvalue weighted by Crippen LogP contribution is -2.03. The first-order chi connectivity index (χ1) is 9.70. The number of hydrogen-bond donors (Lipinski definition) is 1. The minimum atomic E-state index is -1.03. The molecule has 20 heavy (non-hydrogen) atoms. The normalized spacial score (nSPS) is 12.8. The molecule has 0 aliphatic heterocycles. The Labute approximate surface area is 124 Å². The van der Waals surface area contributed by atoms with E-state index in [9.17, 15) is 5.11 Å². The fourth-order valence-electron chi connectivity index (χ4n) is 2.19. The number of nitrogens with zero attached hydrogens (tertiary/aromatic N) is 2. The Hall–Kier alpha value is -1.69. The van der Waals surface area contributed by atoms with Crippen molar-refractivity contribution < 1.29 is 9.84 Å².